The lowest BCUT2D eigenvalue weighted by Gasteiger charge is -2.02. The summed E-state index contributed by atoms with van der Waals surface area (Å²) in [5, 5.41) is 29.3. The van der Waals surface area contributed by atoms with Crippen LogP contribution in [0.15, 0.2) is 52.7 Å². The first-order valence-corrected chi connectivity index (χ1v) is 6.00. The number of methoxy groups -OCH3 is 1. The summed E-state index contributed by atoms with van der Waals surface area (Å²) in [5.74, 6) is 0.454. The summed E-state index contributed by atoms with van der Waals surface area (Å²) < 4.78 is 5.09. The van der Waals surface area contributed by atoms with Gasteiger partial charge in [0.05, 0.1) is 23.0 Å². The molecular formula is C13H10N4O5. The molecule has 0 spiro atoms. The largest absolute Gasteiger partial charge is 0.494 e. The highest BCUT2D eigenvalue weighted by Gasteiger charge is 2.19. The molecule has 9 heteroatoms. The van der Waals surface area contributed by atoms with E-state index < -0.39 is 15.5 Å². The zero-order valence-electron chi connectivity index (χ0n) is 11.4. The molecule has 0 unspecified atom stereocenters. The summed E-state index contributed by atoms with van der Waals surface area (Å²) in [4.78, 5) is 20.2. The Morgan fingerprint density at radius 2 is 1.64 bits per heavy atom. The molecule has 2 aromatic carbocycles. The van der Waals surface area contributed by atoms with E-state index in [-0.39, 0.29) is 11.4 Å². The number of nitrogens with zero attached hydrogens (tertiary/aromatic N) is 4. The van der Waals surface area contributed by atoms with Crippen LogP contribution in [0, 0.1) is 20.2 Å². The smallest absolute Gasteiger partial charge is 0.303 e. The van der Waals surface area contributed by atoms with E-state index >= 15 is 0 Å². The Kier molecular flexibility index (Phi) is 4.37. The van der Waals surface area contributed by atoms with E-state index in [1.54, 1.807) is 24.3 Å². The summed E-state index contributed by atoms with van der Waals surface area (Å²) in [6, 6.07) is 9.89. The van der Waals surface area contributed by atoms with Crippen molar-refractivity contribution in [1.82, 2.24) is 0 Å². The summed E-state index contributed by atoms with van der Waals surface area (Å²) in [6.45, 7) is 0. The van der Waals surface area contributed by atoms with Crippen molar-refractivity contribution in [1.29, 1.82) is 0 Å². The van der Waals surface area contributed by atoms with Crippen molar-refractivity contribution >= 4 is 22.7 Å². The Morgan fingerprint density at radius 3 is 2.27 bits per heavy atom. The third kappa shape index (κ3) is 3.20. The van der Waals surface area contributed by atoms with Crippen molar-refractivity contribution in [3.8, 4) is 5.75 Å². The third-order valence-corrected chi connectivity index (χ3v) is 2.72. The van der Waals surface area contributed by atoms with E-state index in [1.807, 2.05) is 0 Å². The van der Waals surface area contributed by atoms with Gasteiger partial charge in [0.25, 0.3) is 5.69 Å². The van der Waals surface area contributed by atoms with E-state index in [0.29, 0.717) is 11.4 Å². The molecule has 0 atom stereocenters. The number of non-ortho nitro benzene ring substituents is 1. The van der Waals surface area contributed by atoms with Gasteiger partial charge in [-0.3, -0.25) is 20.2 Å². The van der Waals surface area contributed by atoms with Crippen molar-refractivity contribution in [2.75, 3.05) is 7.11 Å². The third-order valence-electron chi connectivity index (χ3n) is 2.72. The highest BCUT2D eigenvalue weighted by atomic mass is 16.6. The molecule has 0 amide bonds. The first-order valence-electron chi connectivity index (χ1n) is 6.00. The van der Waals surface area contributed by atoms with Crippen molar-refractivity contribution in [2.24, 2.45) is 10.2 Å². The summed E-state index contributed by atoms with van der Waals surface area (Å²) in [5.41, 5.74) is -0.574. The molecule has 0 saturated carbocycles. The van der Waals surface area contributed by atoms with Crippen molar-refractivity contribution in [3.05, 3.63) is 62.7 Å². The monoisotopic (exact) mass is 302 g/mol. The van der Waals surface area contributed by atoms with E-state index in [0.717, 1.165) is 12.1 Å². The van der Waals surface area contributed by atoms with Crippen molar-refractivity contribution in [3.63, 3.8) is 0 Å². The lowest BCUT2D eigenvalue weighted by atomic mass is 10.2. The molecule has 0 radical (unpaired) electrons. The van der Waals surface area contributed by atoms with Crippen LogP contribution in [0.3, 0.4) is 0 Å². The molecule has 0 N–H and O–H groups in total. The standard InChI is InChI=1S/C13H10N4O5/c1-22-13-5-3-2-4-11(13)15-14-10-7-6-9(16(18)19)8-12(10)17(20)21/h2-8H,1H3. The minimum absolute atomic E-state index is 0.0819. The van der Waals surface area contributed by atoms with Crippen LogP contribution in [0.5, 0.6) is 5.75 Å². The number of benzene rings is 2. The Bertz CT molecular complexity index is 760. The molecular weight excluding hydrogens is 292 g/mol. The lowest BCUT2D eigenvalue weighted by Crippen LogP contribution is -1.92. The average Bonchev–Trinajstić information content (AvgIpc) is 2.52. The molecule has 0 bridgehead atoms. The van der Waals surface area contributed by atoms with E-state index in [9.17, 15) is 20.2 Å². The van der Waals surface area contributed by atoms with Crippen LogP contribution < -0.4 is 4.74 Å². The van der Waals surface area contributed by atoms with Gasteiger partial charge in [0, 0.05) is 6.07 Å². The Morgan fingerprint density at radius 1 is 0.955 bits per heavy atom. The van der Waals surface area contributed by atoms with Gasteiger partial charge < -0.3 is 4.74 Å². The molecule has 0 fully saturated rings. The highest BCUT2D eigenvalue weighted by molar-refractivity contribution is 5.62. The predicted octanol–water partition coefficient (Wildman–Crippen LogP) is 3.93. The van der Waals surface area contributed by atoms with Crippen molar-refractivity contribution in [2.45, 2.75) is 0 Å². The normalized spacial score (nSPS) is 10.6. The van der Waals surface area contributed by atoms with Crippen LogP contribution in [-0.4, -0.2) is 17.0 Å². The topological polar surface area (TPSA) is 120 Å². The number of ether oxygens (including phenoxy) is 1. The summed E-state index contributed by atoms with van der Waals surface area (Å²) in [7, 11) is 1.46. The molecule has 0 aliphatic rings. The molecule has 2 rings (SSSR count). The second-order valence-corrected chi connectivity index (χ2v) is 4.06. The average molecular weight is 302 g/mol. The Labute approximate surface area is 124 Å². The van der Waals surface area contributed by atoms with Crippen LogP contribution >= 0.6 is 0 Å². The maximum absolute atomic E-state index is 11.0. The van der Waals surface area contributed by atoms with Gasteiger partial charge in [-0.2, -0.15) is 0 Å². The Balaban J connectivity index is 2.42. The zero-order chi connectivity index (χ0) is 16.1. The quantitative estimate of drug-likeness (QED) is 0.470. The van der Waals surface area contributed by atoms with Crippen LogP contribution in [0.1, 0.15) is 0 Å². The fourth-order valence-corrected chi connectivity index (χ4v) is 1.68. The van der Waals surface area contributed by atoms with Crippen molar-refractivity contribution < 1.29 is 14.6 Å². The lowest BCUT2D eigenvalue weighted by molar-refractivity contribution is -0.393. The minimum Gasteiger partial charge on any atom is -0.494 e. The van der Waals surface area contributed by atoms with Gasteiger partial charge in [-0.05, 0) is 18.2 Å². The fourth-order valence-electron chi connectivity index (χ4n) is 1.68. The fraction of sp³-hybridized carbons (Fsp3) is 0.0769. The van der Waals surface area contributed by atoms with Gasteiger partial charge in [0.15, 0.2) is 5.69 Å². The van der Waals surface area contributed by atoms with Gasteiger partial charge in [0.1, 0.15) is 11.4 Å². The number of hydrogen-bond acceptors (Lipinski definition) is 7. The number of nitro benzene ring substituents is 2. The SMILES string of the molecule is COc1ccccc1N=Nc1ccc([N+](=O)[O-])cc1[N+](=O)[O-]. The summed E-state index contributed by atoms with van der Waals surface area (Å²) in [6.07, 6.45) is 0. The number of nitro groups is 2. The summed E-state index contributed by atoms with van der Waals surface area (Å²) >= 11 is 0. The second-order valence-electron chi connectivity index (χ2n) is 4.06. The van der Waals surface area contributed by atoms with Crippen LogP contribution in [0.25, 0.3) is 0 Å². The van der Waals surface area contributed by atoms with E-state index in [1.165, 1.54) is 13.2 Å². The highest BCUT2D eigenvalue weighted by Crippen LogP contribution is 2.34. The first kappa shape index (κ1) is 15.0. The molecule has 0 aromatic heterocycles. The van der Waals surface area contributed by atoms with Gasteiger partial charge in [-0.15, -0.1) is 10.2 Å². The molecule has 0 saturated heterocycles. The second kappa shape index (κ2) is 6.39. The predicted molar refractivity (Wildman–Crippen MR) is 76.9 cm³/mol. The first-order chi connectivity index (χ1) is 10.5. The maximum atomic E-state index is 11.0. The van der Waals surface area contributed by atoms with Crippen LogP contribution in [0.2, 0.25) is 0 Å². The molecule has 0 aliphatic heterocycles. The molecule has 2 aromatic rings. The molecule has 9 nitrogen and oxygen atoms in total. The molecule has 112 valence electrons. The molecule has 22 heavy (non-hydrogen) atoms. The number of azo groups is 1. The van der Waals surface area contributed by atoms with E-state index in [2.05, 4.69) is 10.2 Å². The van der Waals surface area contributed by atoms with Gasteiger partial charge >= 0.3 is 5.69 Å². The Hall–Kier alpha value is -3.36. The minimum atomic E-state index is -0.746. The number of para-hydroxylation sites is 1. The maximum Gasteiger partial charge on any atom is 0.303 e. The number of rotatable bonds is 5. The van der Waals surface area contributed by atoms with Gasteiger partial charge in [-0.1, -0.05) is 12.1 Å². The molecule has 0 heterocycles. The number of hydrogen-bond donors (Lipinski definition) is 0. The zero-order valence-corrected chi connectivity index (χ0v) is 11.4. The van der Waals surface area contributed by atoms with Crippen LogP contribution in [0.4, 0.5) is 22.7 Å². The molecule has 0 aliphatic carbocycles. The van der Waals surface area contributed by atoms with Gasteiger partial charge in [-0.25, -0.2) is 0 Å². The van der Waals surface area contributed by atoms with Crippen LogP contribution in [-0.2, 0) is 0 Å². The van der Waals surface area contributed by atoms with Gasteiger partial charge in [0.2, 0.25) is 0 Å². The van der Waals surface area contributed by atoms with E-state index in [4.69, 9.17) is 4.74 Å².